The first-order valence-corrected chi connectivity index (χ1v) is 12.1. The number of nitrogens with zero attached hydrogens (tertiary/aromatic N) is 6. The van der Waals surface area contributed by atoms with Gasteiger partial charge in [-0.1, -0.05) is 19.9 Å². The third-order valence-corrected chi connectivity index (χ3v) is 6.74. The first-order valence-electron chi connectivity index (χ1n) is 12.1. The van der Waals surface area contributed by atoms with Crippen molar-refractivity contribution >= 4 is 0 Å². The summed E-state index contributed by atoms with van der Waals surface area (Å²) in [6.07, 6.45) is 5.80. The van der Waals surface area contributed by atoms with Crippen LogP contribution < -0.4 is 9.47 Å². The Labute approximate surface area is 206 Å². The molecule has 0 radical (unpaired) electrons. The van der Waals surface area contributed by atoms with Gasteiger partial charge >= 0.3 is 0 Å². The summed E-state index contributed by atoms with van der Waals surface area (Å²) in [5, 5.41) is 4.84. The zero-order valence-corrected chi connectivity index (χ0v) is 21.2. The van der Waals surface area contributed by atoms with Gasteiger partial charge in [-0.15, -0.1) is 5.10 Å². The van der Waals surface area contributed by atoms with Gasteiger partial charge in [0.25, 0.3) is 0 Å². The monoisotopic (exact) mass is 472 g/mol. The van der Waals surface area contributed by atoms with Crippen LogP contribution >= 0.6 is 0 Å². The predicted molar refractivity (Wildman–Crippen MR) is 135 cm³/mol. The normalized spacial score (nSPS) is 15.3. The van der Waals surface area contributed by atoms with E-state index in [-0.39, 0.29) is 5.92 Å². The van der Waals surface area contributed by atoms with Gasteiger partial charge in [0.2, 0.25) is 5.88 Å². The van der Waals surface area contributed by atoms with E-state index in [0.29, 0.717) is 23.3 Å². The fraction of sp³-hybridized carbons (Fsp3) is 0.407. The molecule has 1 aliphatic heterocycles. The van der Waals surface area contributed by atoms with E-state index in [9.17, 15) is 0 Å². The van der Waals surface area contributed by atoms with Gasteiger partial charge in [0.05, 0.1) is 26.2 Å². The summed E-state index contributed by atoms with van der Waals surface area (Å²) in [4.78, 5) is 14.1. The summed E-state index contributed by atoms with van der Waals surface area (Å²) in [7, 11) is 3.37. The predicted octanol–water partition coefficient (Wildman–Crippen LogP) is 5.21. The maximum absolute atomic E-state index is 5.67. The lowest BCUT2D eigenvalue weighted by molar-refractivity contribution is 0.396. The second kappa shape index (κ2) is 9.17. The lowest BCUT2D eigenvalue weighted by atomic mass is 9.85. The highest BCUT2D eigenvalue weighted by atomic mass is 16.5. The third-order valence-electron chi connectivity index (χ3n) is 6.74. The van der Waals surface area contributed by atoms with Crippen molar-refractivity contribution in [2.75, 3.05) is 14.2 Å². The number of pyridine rings is 1. The number of imidazole rings is 1. The molecule has 4 aromatic rings. The number of hydrogen-bond donors (Lipinski definition) is 0. The Hall–Kier alpha value is -3.68. The molecule has 0 N–H and O–H groups in total. The lowest BCUT2D eigenvalue weighted by Crippen LogP contribution is -2.19. The number of rotatable bonds is 6. The maximum Gasteiger partial charge on any atom is 0.238 e. The van der Waals surface area contributed by atoms with Crippen LogP contribution in [0.15, 0.2) is 36.8 Å². The SMILES string of the molecule is COc1cc(C)c([C@@H]2CCCn3nc(-c4ccc(-n5cnc(C)c5)c(OC)n4)nc32)cc1C(C)C. The van der Waals surface area contributed by atoms with E-state index >= 15 is 0 Å². The zero-order chi connectivity index (χ0) is 24.7. The minimum atomic E-state index is 0.184. The molecule has 0 spiro atoms. The molecule has 3 aromatic heterocycles. The highest BCUT2D eigenvalue weighted by Crippen LogP contribution is 2.39. The Balaban J connectivity index is 1.54. The van der Waals surface area contributed by atoms with Crippen molar-refractivity contribution in [2.45, 2.75) is 58.9 Å². The molecule has 1 aliphatic rings. The number of hydrogen-bond acceptors (Lipinski definition) is 6. The van der Waals surface area contributed by atoms with Crippen molar-refractivity contribution < 1.29 is 9.47 Å². The number of aromatic nitrogens is 6. The van der Waals surface area contributed by atoms with Gasteiger partial charge in [0.15, 0.2) is 5.82 Å². The second-order valence-electron chi connectivity index (χ2n) is 9.46. The summed E-state index contributed by atoms with van der Waals surface area (Å²) in [5.41, 5.74) is 6.19. The van der Waals surface area contributed by atoms with Gasteiger partial charge in [-0.05, 0) is 67.5 Å². The van der Waals surface area contributed by atoms with Crippen LogP contribution in [0.3, 0.4) is 0 Å². The van der Waals surface area contributed by atoms with Gasteiger partial charge in [-0.25, -0.2) is 19.6 Å². The Bertz CT molecular complexity index is 1370. The largest absolute Gasteiger partial charge is 0.496 e. The van der Waals surface area contributed by atoms with Gasteiger partial charge in [-0.2, -0.15) is 0 Å². The van der Waals surface area contributed by atoms with Crippen molar-refractivity contribution in [3.05, 3.63) is 65.0 Å². The molecule has 0 bridgehead atoms. The minimum Gasteiger partial charge on any atom is -0.496 e. The van der Waals surface area contributed by atoms with Crippen LogP contribution in [0.25, 0.3) is 17.2 Å². The molecule has 8 heteroatoms. The number of aryl methyl sites for hydroxylation is 3. The van der Waals surface area contributed by atoms with Crippen molar-refractivity contribution in [3.8, 4) is 28.8 Å². The van der Waals surface area contributed by atoms with Crippen LogP contribution in [0, 0.1) is 13.8 Å². The van der Waals surface area contributed by atoms with Crippen molar-refractivity contribution in [3.63, 3.8) is 0 Å². The number of benzene rings is 1. The van der Waals surface area contributed by atoms with E-state index in [1.807, 2.05) is 34.5 Å². The van der Waals surface area contributed by atoms with E-state index in [2.05, 4.69) is 37.9 Å². The molecule has 1 atom stereocenters. The highest BCUT2D eigenvalue weighted by Gasteiger charge is 2.29. The topological polar surface area (TPSA) is 79.9 Å². The molecular formula is C27H32N6O2. The van der Waals surface area contributed by atoms with Crippen molar-refractivity contribution in [1.82, 2.24) is 29.3 Å². The van der Waals surface area contributed by atoms with Gasteiger partial charge in [0.1, 0.15) is 23.0 Å². The molecule has 4 heterocycles. The maximum atomic E-state index is 5.67. The molecule has 8 nitrogen and oxygen atoms in total. The van der Waals surface area contributed by atoms with Crippen LogP contribution in [0.5, 0.6) is 11.6 Å². The molecule has 1 aromatic carbocycles. The lowest BCUT2D eigenvalue weighted by Gasteiger charge is -2.25. The van der Waals surface area contributed by atoms with Crippen molar-refractivity contribution in [2.24, 2.45) is 0 Å². The number of ether oxygens (including phenoxy) is 2. The van der Waals surface area contributed by atoms with Crippen LogP contribution in [-0.4, -0.2) is 43.5 Å². The minimum absolute atomic E-state index is 0.184. The Morgan fingerprint density at radius 2 is 1.89 bits per heavy atom. The van der Waals surface area contributed by atoms with Gasteiger partial charge < -0.3 is 14.0 Å². The van der Waals surface area contributed by atoms with Crippen LogP contribution in [0.1, 0.15) is 66.7 Å². The summed E-state index contributed by atoms with van der Waals surface area (Å²) < 4.78 is 15.2. The molecule has 0 aliphatic carbocycles. The zero-order valence-electron chi connectivity index (χ0n) is 21.2. The first-order chi connectivity index (χ1) is 16.9. The molecule has 0 fully saturated rings. The summed E-state index contributed by atoms with van der Waals surface area (Å²) in [6.45, 7) is 9.36. The van der Waals surface area contributed by atoms with Crippen molar-refractivity contribution in [1.29, 1.82) is 0 Å². The summed E-state index contributed by atoms with van der Waals surface area (Å²) in [6, 6.07) is 8.38. The standard InChI is InChI=1S/C27H32N6O2/c1-16(2)20-13-21(17(3)12-24(20)34-5)19-8-7-11-33-26(19)30-25(31-33)22-9-10-23(27(29-22)35-6)32-14-18(4)28-15-32/h9-10,12-16,19H,7-8,11H2,1-6H3/t19-/m0/s1. The van der Waals surface area contributed by atoms with Crippen LogP contribution in [0.2, 0.25) is 0 Å². The van der Waals surface area contributed by atoms with Crippen LogP contribution in [0.4, 0.5) is 0 Å². The smallest absolute Gasteiger partial charge is 0.238 e. The fourth-order valence-electron chi connectivity index (χ4n) is 4.93. The summed E-state index contributed by atoms with van der Waals surface area (Å²) >= 11 is 0. The molecule has 0 saturated carbocycles. The Morgan fingerprint density at radius 1 is 1.06 bits per heavy atom. The summed E-state index contributed by atoms with van der Waals surface area (Å²) in [5.74, 6) is 3.62. The quantitative estimate of drug-likeness (QED) is 0.383. The molecule has 5 rings (SSSR count). The highest BCUT2D eigenvalue weighted by molar-refractivity contribution is 5.56. The molecule has 0 saturated heterocycles. The fourth-order valence-corrected chi connectivity index (χ4v) is 4.93. The average molecular weight is 473 g/mol. The van der Waals surface area contributed by atoms with Crippen LogP contribution in [-0.2, 0) is 6.54 Å². The van der Waals surface area contributed by atoms with Gasteiger partial charge in [-0.3, -0.25) is 0 Å². The van der Waals surface area contributed by atoms with E-state index in [0.717, 1.165) is 42.3 Å². The first kappa shape index (κ1) is 23.1. The second-order valence-corrected chi connectivity index (χ2v) is 9.46. The molecular weight excluding hydrogens is 440 g/mol. The van der Waals surface area contributed by atoms with E-state index < -0.39 is 0 Å². The Kier molecular flexibility index (Phi) is 6.05. The van der Waals surface area contributed by atoms with Gasteiger partial charge in [0, 0.05) is 18.7 Å². The molecule has 0 unspecified atom stereocenters. The molecule has 35 heavy (non-hydrogen) atoms. The van der Waals surface area contributed by atoms with E-state index in [1.54, 1.807) is 20.5 Å². The Morgan fingerprint density at radius 3 is 2.57 bits per heavy atom. The number of methoxy groups -OCH3 is 2. The molecule has 182 valence electrons. The third kappa shape index (κ3) is 4.17. The molecule has 0 amide bonds. The van der Waals surface area contributed by atoms with E-state index in [1.165, 1.54) is 16.7 Å². The van der Waals surface area contributed by atoms with E-state index in [4.69, 9.17) is 24.5 Å². The average Bonchev–Trinajstić information content (AvgIpc) is 3.49. The number of fused-ring (bicyclic) bond motifs is 1.